The van der Waals surface area contributed by atoms with Gasteiger partial charge in [0.05, 0.1) is 0 Å². The van der Waals surface area contributed by atoms with Crippen LogP contribution in [0.2, 0.25) is 0 Å². The molecule has 6 nitrogen and oxygen atoms in total. The summed E-state index contributed by atoms with van der Waals surface area (Å²) < 4.78 is 0. The van der Waals surface area contributed by atoms with E-state index in [4.69, 9.17) is 5.73 Å². The molecule has 0 bridgehead atoms. The Hall–Kier alpha value is -1.24. The molecule has 1 aliphatic heterocycles. The van der Waals surface area contributed by atoms with Crippen LogP contribution in [0.25, 0.3) is 0 Å². The van der Waals surface area contributed by atoms with Crippen molar-refractivity contribution in [3.05, 3.63) is 0 Å². The topological polar surface area (TPSA) is 80.0 Å². The zero-order valence-corrected chi connectivity index (χ0v) is 12.7. The molecule has 2 aliphatic rings. The van der Waals surface area contributed by atoms with E-state index in [0.29, 0.717) is 23.2 Å². The molecule has 3 N–H and O–H groups in total. The fourth-order valence-electron chi connectivity index (χ4n) is 3.04. The van der Waals surface area contributed by atoms with Crippen molar-refractivity contribution in [2.24, 2.45) is 0 Å². The van der Waals surface area contributed by atoms with E-state index in [1.807, 2.05) is 11.8 Å². The number of nitrogens with one attached hydrogen (secondary N) is 1. The predicted molar refractivity (Wildman–Crippen MR) is 84.3 cm³/mol. The third-order valence-corrected chi connectivity index (χ3v) is 5.27. The minimum absolute atomic E-state index is 0.308. The second-order valence-electron chi connectivity index (χ2n) is 5.47. The molecule has 2 unspecified atom stereocenters. The molecule has 1 aromatic rings. The van der Waals surface area contributed by atoms with Crippen molar-refractivity contribution in [2.45, 2.75) is 43.4 Å². The van der Waals surface area contributed by atoms with Gasteiger partial charge in [-0.2, -0.15) is 26.7 Å². The molecule has 1 saturated heterocycles. The molecule has 3 rings (SSSR count). The summed E-state index contributed by atoms with van der Waals surface area (Å²) in [4.78, 5) is 15.2. The average molecular weight is 294 g/mol. The monoisotopic (exact) mass is 294 g/mol. The Balaban J connectivity index is 1.75. The molecule has 0 aromatic carbocycles. The molecule has 0 radical (unpaired) electrons. The fraction of sp³-hybridized carbons (Fsp3) is 0.769. The summed E-state index contributed by atoms with van der Waals surface area (Å²) >= 11 is 1.92. The molecule has 0 amide bonds. The molecule has 1 aromatic heterocycles. The van der Waals surface area contributed by atoms with Crippen LogP contribution in [-0.4, -0.2) is 45.6 Å². The minimum Gasteiger partial charge on any atom is -0.368 e. The van der Waals surface area contributed by atoms with Gasteiger partial charge >= 0.3 is 0 Å². The van der Waals surface area contributed by atoms with Gasteiger partial charge in [0.15, 0.2) is 0 Å². The van der Waals surface area contributed by atoms with Crippen molar-refractivity contribution in [3.8, 4) is 0 Å². The van der Waals surface area contributed by atoms with Gasteiger partial charge in [0, 0.05) is 24.4 Å². The first-order valence-electron chi connectivity index (χ1n) is 7.32. The molecular weight excluding hydrogens is 272 g/mol. The highest BCUT2D eigenvalue weighted by Gasteiger charge is 2.27. The molecule has 2 atom stereocenters. The second kappa shape index (κ2) is 6.03. The first kappa shape index (κ1) is 13.7. The van der Waals surface area contributed by atoms with Crippen molar-refractivity contribution in [1.82, 2.24) is 15.0 Å². The van der Waals surface area contributed by atoms with Gasteiger partial charge in [-0.05, 0) is 31.9 Å². The van der Waals surface area contributed by atoms with E-state index in [0.717, 1.165) is 19.0 Å². The number of nitrogens with zero attached hydrogens (tertiary/aromatic N) is 4. The van der Waals surface area contributed by atoms with Crippen LogP contribution in [0.15, 0.2) is 0 Å². The van der Waals surface area contributed by atoms with Crippen LogP contribution in [0.1, 0.15) is 32.1 Å². The lowest BCUT2D eigenvalue weighted by molar-refractivity contribution is 0.752. The van der Waals surface area contributed by atoms with Gasteiger partial charge in [-0.3, -0.25) is 0 Å². The molecule has 2 fully saturated rings. The lowest BCUT2D eigenvalue weighted by Gasteiger charge is -2.21. The van der Waals surface area contributed by atoms with Crippen LogP contribution in [0, 0.1) is 0 Å². The zero-order valence-electron chi connectivity index (χ0n) is 11.9. The predicted octanol–water partition coefficient (Wildman–Crippen LogP) is 1.75. The molecule has 20 heavy (non-hydrogen) atoms. The highest BCUT2D eigenvalue weighted by atomic mass is 32.2. The third-order valence-electron chi connectivity index (χ3n) is 4.10. The Kier molecular flexibility index (Phi) is 4.14. The largest absolute Gasteiger partial charge is 0.368 e. The van der Waals surface area contributed by atoms with Crippen molar-refractivity contribution >= 4 is 29.6 Å². The number of anilines is 3. The van der Waals surface area contributed by atoms with Gasteiger partial charge in [-0.25, -0.2) is 0 Å². The van der Waals surface area contributed by atoms with E-state index in [-0.39, 0.29) is 0 Å². The number of hydrogen-bond acceptors (Lipinski definition) is 7. The lowest BCUT2D eigenvalue weighted by Crippen LogP contribution is -2.28. The first-order chi connectivity index (χ1) is 9.76. The Morgan fingerprint density at radius 3 is 2.70 bits per heavy atom. The van der Waals surface area contributed by atoms with E-state index < -0.39 is 0 Å². The highest BCUT2D eigenvalue weighted by Crippen LogP contribution is 2.30. The van der Waals surface area contributed by atoms with Gasteiger partial charge in [-0.15, -0.1) is 0 Å². The summed E-state index contributed by atoms with van der Waals surface area (Å²) in [5.41, 5.74) is 5.83. The number of aromatic nitrogens is 3. The Morgan fingerprint density at radius 2 is 1.95 bits per heavy atom. The lowest BCUT2D eigenvalue weighted by atomic mass is 10.2. The quantitative estimate of drug-likeness (QED) is 0.875. The van der Waals surface area contributed by atoms with E-state index in [2.05, 4.69) is 31.4 Å². The van der Waals surface area contributed by atoms with Crippen LogP contribution in [0.5, 0.6) is 0 Å². The maximum atomic E-state index is 5.83. The van der Waals surface area contributed by atoms with Gasteiger partial charge in [0.2, 0.25) is 17.8 Å². The number of thioether (sulfide) groups is 1. The standard InChI is InChI=1S/C13H22N6S/c1-20-10-6-4-5-9(10)15-12-16-11(14)17-13(18-12)19-7-2-3-8-19/h9-10H,2-8H2,1H3,(H3,14,15,16,17,18). The van der Waals surface area contributed by atoms with E-state index >= 15 is 0 Å². The highest BCUT2D eigenvalue weighted by molar-refractivity contribution is 7.99. The summed E-state index contributed by atoms with van der Waals surface area (Å²) in [6.07, 6.45) is 8.27. The normalized spacial score (nSPS) is 26.1. The van der Waals surface area contributed by atoms with Gasteiger partial charge in [-0.1, -0.05) is 6.42 Å². The van der Waals surface area contributed by atoms with Crippen molar-refractivity contribution < 1.29 is 0 Å². The summed E-state index contributed by atoms with van der Waals surface area (Å²) in [5, 5.41) is 4.10. The molecule has 1 saturated carbocycles. The van der Waals surface area contributed by atoms with Crippen molar-refractivity contribution in [1.29, 1.82) is 0 Å². The second-order valence-corrected chi connectivity index (χ2v) is 6.54. The molecule has 0 spiro atoms. The summed E-state index contributed by atoms with van der Waals surface area (Å²) in [7, 11) is 0. The van der Waals surface area contributed by atoms with Crippen LogP contribution in [0.3, 0.4) is 0 Å². The van der Waals surface area contributed by atoms with Crippen LogP contribution >= 0.6 is 11.8 Å². The first-order valence-corrected chi connectivity index (χ1v) is 8.61. The van der Waals surface area contributed by atoms with Gasteiger partial charge in [0.25, 0.3) is 0 Å². The Labute approximate surface area is 124 Å². The summed E-state index contributed by atoms with van der Waals surface area (Å²) in [6, 6.07) is 0.443. The van der Waals surface area contributed by atoms with Crippen LogP contribution in [0.4, 0.5) is 17.8 Å². The van der Waals surface area contributed by atoms with Crippen LogP contribution < -0.4 is 16.0 Å². The number of rotatable bonds is 4. The molecule has 110 valence electrons. The van der Waals surface area contributed by atoms with Gasteiger partial charge in [0.1, 0.15) is 0 Å². The molecule has 1 aliphatic carbocycles. The maximum Gasteiger partial charge on any atom is 0.231 e. The average Bonchev–Trinajstić information content (AvgIpc) is 3.08. The van der Waals surface area contributed by atoms with E-state index in [1.54, 1.807) is 0 Å². The van der Waals surface area contributed by atoms with E-state index in [1.165, 1.54) is 32.1 Å². The molecule has 7 heteroatoms. The van der Waals surface area contributed by atoms with Crippen LogP contribution in [-0.2, 0) is 0 Å². The smallest absolute Gasteiger partial charge is 0.231 e. The van der Waals surface area contributed by atoms with E-state index in [9.17, 15) is 0 Å². The summed E-state index contributed by atoms with van der Waals surface area (Å²) in [5.74, 6) is 1.66. The number of hydrogen-bond donors (Lipinski definition) is 2. The fourth-order valence-corrected chi connectivity index (χ4v) is 3.98. The maximum absolute atomic E-state index is 5.83. The zero-order chi connectivity index (χ0) is 13.9. The minimum atomic E-state index is 0.308. The Bertz CT molecular complexity index is 462. The number of nitrogens with two attached hydrogens (primary N) is 1. The molecule has 2 heterocycles. The number of nitrogen functional groups attached to an aromatic ring is 1. The summed E-state index contributed by atoms with van der Waals surface area (Å²) in [6.45, 7) is 2.03. The Morgan fingerprint density at radius 1 is 1.15 bits per heavy atom. The van der Waals surface area contributed by atoms with Crippen molar-refractivity contribution in [3.63, 3.8) is 0 Å². The van der Waals surface area contributed by atoms with Gasteiger partial charge < -0.3 is 16.0 Å². The van der Waals surface area contributed by atoms with Crippen molar-refractivity contribution in [2.75, 3.05) is 35.3 Å². The SMILES string of the molecule is CSC1CCCC1Nc1nc(N)nc(N2CCCC2)n1. The molecular formula is C13H22N6S. The third kappa shape index (κ3) is 2.92.